The van der Waals surface area contributed by atoms with Crippen LogP contribution in [0.5, 0.6) is 0 Å². The molecule has 5 heteroatoms. The minimum Gasteiger partial charge on any atom is -0.399 e. The fourth-order valence-corrected chi connectivity index (χ4v) is 2.44. The molecule has 3 aromatic rings. The number of imidazole rings is 1. The fraction of sp³-hybridized carbons (Fsp3) is 0.188. The van der Waals surface area contributed by atoms with E-state index in [1.807, 2.05) is 6.92 Å². The molecule has 108 valence electrons. The maximum atomic E-state index is 14.2. The Hall–Kier alpha value is -2.40. The van der Waals surface area contributed by atoms with Crippen molar-refractivity contribution in [3.63, 3.8) is 0 Å². The molecule has 0 saturated carbocycles. The standard InChI is InChI=1S/C16H16FN3O/c1-9-3-5-12(17)15(7-9)20-14-6-4-11(18)8-13(14)19-16(20)10(2)21/h3-8,10,21H,18H2,1-2H3. The molecule has 0 saturated heterocycles. The smallest absolute Gasteiger partial charge is 0.147 e. The SMILES string of the molecule is Cc1ccc(F)c(-n2c(C(C)O)nc3cc(N)ccc32)c1. The van der Waals surface area contributed by atoms with E-state index in [1.54, 1.807) is 41.8 Å². The molecule has 0 fully saturated rings. The highest BCUT2D eigenvalue weighted by atomic mass is 19.1. The zero-order valence-corrected chi connectivity index (χ0v) is 11.8. The van der Waals surface area contributed by atoms with Gasteiger partial charge in [0, 0.05) is 5.69 Å². The Morgan fingerprint density at radius 3 is 2.71 bits per heavy atom. The summed E-state index contributed by atoms with van der Waals surface area (Å²) >= 11 is 0. The lowest BCUT2D eigenvalue weighted by Gasteiger charge is -2.12. The van der Waals surface area contributed by atoms with Gasteiger partial charge in [0.05, 0.1) is 16.7 Å². The van der Waals surface area contributed by atoms with Gasteiger partial charge in [0.25, 0.3) is 0 Å². The van der Waals surface area contributed by atoms with Gasteiger partial charge in [-0.2, -0.15) is 0 Å². The molecule has 0 aliphatic rings. The fourth-order valence-electron chi connectivity index (χ4n) is 2.44. The number of anilines is 1. The highest BCUT2D eigenvalue weighted by Gasteiger charge is 2.18. The average Bonchev–Trinajstić information content (AvgIpc) is 2.80. The van der Waals surface area contributed by atoms with Crippen molar-refractivity contribution >= 4 is 16.7 Å². The van der Waals surface area contributed by atoms with Gasteiger partial charge in [0.15, 0.2) is 0 Å². The second-order valence-corrected chi connectivity index (χ2v) is 5.18. The maximum absolute atomic E-state index is 14.2. The van der Waals surface area contributed by atoms with Gasteiger partial charge < -0.3 is 10.8 Å². The molecule has 3 N–H and O–H groups in total. The van der Waals surface area contributed by atoms with Crippen LogP contribution in [0.3, 0.4) is 0 Å². The average molecular weight is 285 g/mol. The van der Waals surface area contributed by atoms with Crippen LogP contribution in [-0.4, -0.2) is 14.7 Å². The highest BCUT2D eigenvalue weighted by Crippen LogP contribution is 2.28. The number of nitrogen functional groups attached to an aromatic ring is 1. The third-order valence-electron chi connectivity index (χ3n) is 3.42. The summed E-state index contributed by atoms with van der Waals surface area (Å²) in [5.41, 5.74) is 8.99. The Balaban J connectivity index is 2.39. The molecule has 1 heterocycles. The van der Waals surface area contributed by atoms with Crippen molar-refractivity contribution in [2.24, 2.45) is 0 Å². The number of hydrogen-bond donors (Lipinski definition) is 2. The lowest BCUT2D eigenvalue weighted by molar-refractivity contribution is 0.187. The third-order valence-corrected chi connectivity index (χ3v) is 3.42. The number of nitrogens with zero attached hydrogens (tertiary/aromatic N) is 2. The summed E-state index contributed by atoms with van der Waals surface area (Å²) in [5.74, 6) is 0.0266. The van der Waals surface area contributed by atoms with Gasteiger partial charge >= 0.3 is 0 Å². The first-order valence-corrected chi connectivity index (χ1v) is 6.70. The number of aromatic nitrogens is 2. The molecule has 2 aromatic carbocycles. The van der Waals surface area contributed by atoms with Crippen molar-refractivity contribution in [2.75, 3.05) is 5.73 Å². The van der Waals surface area contributed by atoms with Crippen molar-refractivity contribution in [1.29, 1.82) is 0 Å². The second-order valence-electron chi connectivity index (χ2n) is 5.18. The first-order valence-electron chi connectivity index (χ1n) is 6.70. The molecule has 21 heavy (non-hydrogen) atoms. The molecule has 4 nitrogen and oxygen atoms in total. The number of halogens is 1. The Kier molecular flexibility index (Phi) is 3.14. The van der Waals surface area contributed by atoms with Crippen LogP contribution in [-0.2, 0) is 0 Å². The molecule has 0 aliphatic carbocycles. The number of fused-ring (bicyclic) bond motifs is 1. The van der Waals surface area contributed by atoms with E-state index in [-0.39, 0.29) is 5.82 Å². The third kappa shape index (κ3) is 2.25. The zero-order valence-electron chi connectivity index (χ0n) is 11.8. The summed E-state index contributed by atoms with van der Waals surface area (Å²) in [7, 11) is 0. The molecular weight excluding hydrogens is 269 g/mol. The van der Waals surface area contributed by atoms with E-state index in [0.29, 0.717) is 28.2 Å². The number of benzene rings is 2. The summed E-state index contributed by atoms with van der Waals surface area (Å²) in [6, 6.07) is 10.1. The van der Waals surface area contributed by atoms with Gasteiger partial charge in [-0.25, -0.2) is 9.37 Å². The van der Waals surface area contributed by atoms with Gasteiger partial charge in [-0.15, -0.1) is 0 Å². The first-order chi connectivity index (χ1) is 9.97. The second kappa shape index (κ2) is 4.86. The zero-order chi connectivity index (χ0) is 15.1. The molecule has 0 radical (unpaired) electrons. The summed E-state index contributed by atoms with van der Waals surface area (Å²) in [5, 5.41) is 9.96. The van der Waals surface area contributed by atoms with E-state index in [1.165, 1.54) is 6.07 Å². The van der Waals surface area contributed by atoms with Crippen molar-refractivity contribution in [2.45, 2.75) is 20.0 Å². The summed E-state index contributed by atoms with van der Waals surface area (Å²) < 4.78 is 15.9. The van der Waals surface area contributed by atoms with Crippen LogP contribution in [0.2, 0.25) is 0 Å². The summed E-state index contributed by atoms with van der Waals surface area (Å²) in [6.45, 7) is 3.50. The molecular formula is C16H16FN3O. The quantitative estimate of drug-likeness (QED) is 0.711. The van der Waals surface area contributed by atoms with Crippen LogP contribution >= 0.6 is 0 Å². The molecule has 0 bridgehead atoms. The Morgan fingerprint density at radius 2 is 2.00 bits per heavy atom. The number of aryl methyl sites for hydroxylation is 1. The van der Waals surface area contributed by atoms with Crippen LogP contribution < -0.4 is 5.73 Å². The number of nitrogens with two attached hydrogens (primary N) is 1. The predicted octanol–water partition coefficient (Wildman–Crippen LogP) is 3.11. The van der Waals surface area contributed by atoms with Gasteiger partial charge in [-0.1, -0.05) is 6.07 Å². The number of rotatable bonds is 2. The normalized spacial score (nSPS) is 12.8. The van der Waals surface area contributed by atoms with Crippen molar-refractivity contribution in [3.8, 4) is 5.69 Å². The summed E-state index contributed by atoms with van der Waals surface area (Å²) in [6.07, 6.45) is -0.821. The Labute approximate surface area is 121 Å². The first kappa shape index (κ1) is 13.6. The van der Waals surface area contributed by atoms with Crippen LogP contribution in [0.1, 0.15) is 24.4 Å². The van der Waals surface area contributed by atoms with Crippen LogP contribution in [0.15, 0.2) is 36.4 Å². The van der Waals surface area contributed by atoms with Crippen LogP contribution in [0, 0.1) is 12.7 Å². The molecule has 1 aromatic heterocycles. The van der Waals surface area contributed by atoms with E-state index < -0.39 is 6.10 Å². The minimum absolute atomic E-state index is 0.362. The van der Waals surface area contributed by atoms with Crippen molar-refractivity contribution in [1.82, 2.24) is 9.55 Å². The Morgan fingerprint density at radius 1 is 1.24 bits per heavy atom. The lowest BCUT2D eigenvalue weighted by atomic mass is 10.2. The van der Waals surface area contributed by atoms with E-state index in [0.717, 1.165) is 5.56 Å². The molecule has 0 aliphatic heterocycles. The van der Waals surface area contributed by atoms with Crippen LogP contribution in [0.4, 0.5) is 10.1 Å². The highest BCUT2D eigenvalue weighted by molar-refractivity contribution is 5.81. The van der Waals surface area contributed by atoms with E-state index in [4.69, 9.17) is 5.73 Å². The minimum atomic E-state index is -0.821. The number of hydrogen-bond acceptors (Lipinski definition) is 3. The molecule has 0 amide bonds. The molecule has 1 atom stereocenters. The molecule has 1 unspecified atom stereocenters. The number of aliphatic hydroxyl groups is 1. The topological polar surface area (TPSA) is 64.1 Å². The largest absolute Gasteiger partial charge is 0.399 e. The van der Waals surface area contributed by atoms with Crippen LogP contribution in [0.25, 0.3) is 16.7 Å². The number of aliphatic hydroxyl groups excluding tert-OH is 1. The Bertz CT molecular complexity index is 824. The maximum Gasteiger partial charge on any atom is 0.147 e. The van der Waals surface area contributed by atoms with E-state index in [9.17, 15) is 9.50 Å². The van der Waals surface area contributed by atoms with Gasteiger partial charge in [0.2, 0.25) is 0 Å². The monoisotopic (exact) mass is 285 g/mol. The molecule has 3 rings (SSSR count). The van der Waals surface area contributed by atoms with Gasteiger partial charge in [-0.05, 0) is 49.7 Å². The van der Waals surface area contributed by atoms with E-state index in [2.05, 4.69) is 4.98 Å². The lowest BCUT2D eigenvalue weighted by Crippen LogP contribution is -2.06. The van der Waals surface area contributed by atoms with E-state index >= 15 is 0 Å². The van der Waals surface area contributed by atoms with Gasteiger partial charge in [0.1, 0.15) is 17.7 Å². The predicted molar refractivity (Wildman–Crippen MR) is 80.8 cm³/mol. The molecule has 0 spiro atoms. The van der Waals surface area contributed by atoms with Gasteiger partial charge in [-0.3, -0.25) is 4.57 Å². The van der Waals surface area contributed by atoms with Crippen molar-refractivity contribution < 1.29 is 9.50 Å². The summed E-state index contributed by atoms with van der Waals surface area (Å²) in [4.78, 5) is 4.39. The van der Waals surface area contributed by atoms with Crippen molar-refractivity contribution in [3.05, 3.63) is 53.6 Å².